The van der Waals surface area contributed by atoms with Gasteiger partial charge in [-0.05, 0) is 62.9 Å². The Kier molecular flexibility index (Phi) is 6.34. The van der Waals surface area contributed by atoms with Crippen LogP contribution in [0.4, 0.5) is 17.3 Å². The summed E-state index contributed by atoms with van der Waals surface area (Å²) in [5.74, 6) is 0.0600. The number of hydrogen-bond acceptors (Lipinski definition) is 6. The SMILES string of the molecule is C=CC(=O)N1CCC[C@@H](Nc2cnc(C(N)=O)c(Nc3ccc(C)c(C)c3)n2)[C@H]1C. The molecule has 2 aromatic rings. The molecule has 0 bridgehead atoms. The highest BCUT2D eigenvalue weighted by molar-refractivity contribution is 5.96. The first-order valence-corrected chi connectivity index (χ1v) is 10.0. The number of aromatic nitrogens is 2. The topological polar surface area (TPSA) is 113 Å². The molecular formula is C22H28N6O2. The summed E-state index contributed by atoms with van der Waals surface area (Å²) in [6.45, 7) is 10.3. The molecule has 1 aliphatic heterocycles. The van der Waals surface area contributed by atoms with E-state index in [0.29, 0.717) is 18.2 Å². The first-order valence-electron chi connectivity index (χ1n) is 10.0. The fourth-order valence-corrected chi connectivity index (χ4v) is 3.64. The van der Waals surface area contributed by atoms with Gasteiger partial charge in [0.25, 0.3) is 5.91 Å². The highest BCUT2D eigenvalue weighted by Crippen LogP contribution is 2.24. The van der Waals surface area contributed by atoms with Gasteiger partial charge in [-0.25, -0.2) is 9.97 Å². The number of primary amides is 1. The number of carbonyl (C=O) groups excluding carboxylic acids is 2. The number of hydrogen-bond donors (Lipinski definition) is 3. The molecule has 0 spiro atoms. The van der Waals surface area contributed by atoms with Gasteiger partial charge in [-0.1, -0.05) is 12.6 Å². The summed E-state index contributed by atoms with van der Waals surface area (Å²) in [6, 6.07) is 5.86. The summed E-state index contributed by atoms with van der Waals surface area (Å²) in [5, 5.41) is 6.51. The second-order valence-electron chi connectivity index (χ2n) is 7.61. The number of piperidine rings is 1. The molecule has 8 heteroatoms. The van der Waals surface area contributed by atoms with Gasteiger partial charge in [0.15, 0.2) is 11.5 Å². The number of rotatable bonds is 6. The lowest BCUT2D eigenvalue weighted by molar-refractivity contribution is -0.129. The lowest BCUT2D eigenvalue weighted by atomic mass is 9.97. The fraction of sp³-hybridized carbons (Fsp3) is 0.364. The molecule has 3 rings (SSSR count). The van der Waals surface area contributed by atoms with Crippen LogP contribution in [0.1, 0.15) is 41.4 Å². The van der Waals surface area contributed by atoms with Gasteiger partial charge in [0.05, 0.1) is 6.20 Å². The van der Waals surface area contributed by atoms with Gasteiger partial charge < -0.3 is 21.3 Å². The minimum atomic E-state index is -0.658. The van der Waals surface area contributed by atoms with Crippen molar-refractivity contribution in [2.75, 3.05) is 17.2 Å². The molecule has 1 aromatic heterocycles. The molecule has 2 amide bonds. The number of nitrogens with one attached hydrogen (secondary N) is 2. The zero-order valence-electron chi connectivity index (χ0n) is 17.6. The van der Waals surface area contributed by atoms with Gasteiger partial charge >= 0.3 is 0 Å². The van der Waals surface area contributed by atoms with Crippen molar-refractivity contribution in [2.45, 2.75) is 45.7 Å². The third-order valence-corrected chi connectivity index (χ3v) is 5.55. The van der Waals surface area contributed by atoms with Crippen LogP contribution in [-0.2, 0) is 4.79 Å². The molecule has 0 aliphatic carbocycles. The predicted molar refractivity (Wildman–Crippen MR) is 118 cm³/mol. The Balaban J connectivity index is 1.84. The molecule has 0 unspecified atom stereocenters. The van der Waals surface area contributed by atoms with E-state index in [0.717, 1.165) is 24.1 Å². The van der Waals surface area contributed by atoms with Gasteiger partial charge in [0, 0.05) is 24.3 Å². The number of carbonyl (C=O) groups is 2. The fourth-order valence-electron chi connectivity index (χ4n) is 3.64. The maximum atomic E-state index is 12.1. The van der Waals surface area contributed by atoms with Crippen molar-refractivity contribution in [3.63, 3.8) is 0 Å². The molecule has 2 atom stereocenters. The summed E-state index contributed by atoms with van der Waals surface area (Å²) in [4.78, 5) is 34.5. The number of aryl methyl sites for hydroxylation is 2. The summed E-state index contributed by atoms with van der Waals surface area (Å²) >= 11 is 0. The Labute approximate surface area is 176 Å². The highest BCUT2D eigenvalue weighted by Gasteiger charge is 2.30. The molecule has 158 valence electrons. The van der Waals surface area contributed by atoms with Crippen LogP contribution in [0.3, 0.4) is 0 Å². The van der Waals surface area contributed by atoms with Crippen molar-refractivity contribution in [1.82, 2.24) is 14.9 Å². The number of nitrogens with zero attached hydrogens (tertiary/aromatic N) is 3. The van der Waals surface area contributed by atoms with E-state index in [1.54, 1.807) is 4.90 Å². The maximum absolute atomic E-state index is 12.1. The Bertz CT molecular complexity index is 974. The Morgan fingerprint density at radius 3 is 2.73 bits per heavy atom. The first-order chi connectivity index (χ1) is 14.3. The van der Waals surface area contributed by atoms with E-state index in [2.05, 4.69) is 27.2 Å². The van der Waals surface area contributed by atoms with Crippen LogP contribution in [-0.4, -0.2) is 45.3 Å². The molecule has 1 fully saturated rings. The van der Waals surface area contributed by atoms with E-state index in [1.165, 1.54) is 17.8 Å². The van der Waals surface area contributed by atoms with Gasteiger partial charge in [-0.15, -0.1) is 0 Å². The zero-order valence-corrected chi connectivity index (χ0v) is 17.6. The Hall–Kier alpha value is -3.42. The van der Waals surface area contributed by atoms with Crippen LogP contribution >= 0.6 is 0 Å². The first kappa shape index (κ1) is 21.3. The molecule has 0 saturated carbocycles. The van der Waals surface area contributed by atoms with E-state index in [9.17, 15) is 9.59 Å². The Morgan fingerprint density at radius 1 is 1.30 bits per heavy atom. The summed E-state index contributed by atoms with van der Waals surface area (Å²) in [6.07, 6.45) is 4.60. The predicted octanol–water partition coefficient (Wildman–Crippen LogP) is 2.91. The quantitative estimate of drug-likeness (QED) is 0.634. The van der Waals surface area contributed by atoms with Gasteiger partial charge in [-0.2, -0.15) is 0 Å². The van der Waals surface area contributed by atoms with Crippen LogP contribution in [0.5, 0.6) is 0 Å². The van der Waals surface area contributed by atoms with Crippen molar-refractivity contribution >= 4 is 29.1 Å². The average molecular weight is 409 g/mol. The van der Waals surface area contributed by atoms with Crippen molar-refractivity contribution in [2.24, 2.45) is 5.73 Å². The molecule has 2 heterocycles. The van der Waals surface area contributed by atoms with Crippen LogP contribution < -0.4 is 16.4 Å². The molecule has 1 saturated heterocycles. The van der Waals surface area contributed by atoms with Crippen molar-refractivity contribution in [3.05, 3.63) is 53.9 Å². The second kappa shape index (κ2) is 8.94. The van der Waals surface area contributed by atoms with Crippen molar-refractivity contribution in [3.8, 4) is 0 Å². The molecule has 0 radical (unpaired) electrons. The lowest BCUT2D eigenvalue weighted by Gasteiger charge is -2.39. The number of anilines is 3. The maximum Gasteiger partial charge on any atom is 0.271 e. The zero-order chi connectivity index (χ0) is 21.8. The molecular weight excluding hydrogens is 380 g/mol. The van der Waals surface area contributed by atoms with Crippen LogP contribution in [0.15, 0.2) is 37.1 Å². The van der Waals surface area contributed by atoms with Gasteiger partial charge in [-0.3, -0.25) is 9.59 Å². The molecule has 30 heavy (non-hydrogen) atoms. The number of nitrogens with two attached hydrogens (primary N) is 1. The largest absolute Gasteiger partial charge is 0.364 e. The molecule has 4 N–H and O–H groups in total. The summed E-state index contributed by atoms with van der Waals surface area (Å²) in [7, 11) is 0. The van der Waals surface area contributed by atoms with Crippen molar-refractivity contribution in [1.29, 1.82) is 0 Å². The monoisotopic (exact) mass is 408 g/mol. The van der Waals surface area contributed by atoms with Crippen molar-refractivity contribution < 1.29 is 9.59 Å². The summed E-state index contributed by atoms with van der Waals surface area (Å²) in [5.41, 5.74) is 8.64. The van der Waals surface area contributed by atoms with Crippen LogP contribution in [0.2, 0.25) is 0 Å². The summed E-state index contributed by atoms with van der Waals surface area (Å²) < 4.78 is 0. The van der Waals surface area contributed by atoms with E-state index in [1.807, 2.05) is 39.0 Å². The van der Waals surface area contributed by atoms with Crippen LogP contribution in [0, 0.1) is 13.8 Å². The molecule has 1 aromatic carbocycles. The minimum absolute atomic E-state index is 0.00541. The third kappa shape index (κ3) is 4.59. The minimum Gasteiger partial charge on any atom is -0.364 e. The van der Waals surface area contributed by atoms with Gasteiger partial charge in [0.2, 0.25) is 5.91 Å². The smallest absolute Gasteiger partial charge is 0.271 e. The van der Waals surface area contributed by atoms with E-state index in [-0.39, 0.29) is 23.7 Å². The van der Waals surface area contributed by atoms with E-state index in [4.69, 9.17) is 5.73 Å². The van der Waals surface area contributed by atoms with E-state index >= 15 is 0 Å². The molecule has 1 aliphatic rings. The average Bonchev–Trinajstić information content (AvgIpc) is 2.71. The standard InChI is InChI=1S/C22H28N6O2/c1-5-19(29)28-10-6-7-17(15(28)4)26-18-12-24-20(21(23)30)22(27-18)25-16-9-8-13(2)14(3)11-16/h5,8-9,11-12,15,17H,1,6-7,10H2,2-4H3,(H2,23,30)(H2,25,26,27)/t15-,17-/m1/s1. The lowest BCUT2D eigenvalue weighted by Crippen LogP contribution is -2.51. The second-order valence-corrected chi connectivity index (χ2v) is 7.61. The normalized spacial score (nSPS) is 18.6. The number of amides is 2. The highest BCUT2D eigenvalue weighted by atomic mass is 16.2. The number of likely N-dealkylation sites (tertiary alicyclic amines) is 1. The van der Waals surface area contributed by atoms with Crippen LogP contribution in [0.25, 0.3) is 0 Å². The number of benzene rings is 1. The van der Waals surface area contributed by atoms with Gasteiger partial charge in [0.1, 0.15) is 5.82 Å². The van der Waals surface area contributed by atoms with E-state index < -0.39 is 5.91 Å². The third-order valence-electron chi connectivity index (χ3n) is 5.55. The molecule has 8 nitrogen and oxygen atoms in total. The Morgan fingerprint density at radius 2 is 2.07 bits per heavy atom.